The molecule has 0 saturated heterocycles. The normalized spacial score (nSPS) is 14.0. The Morgan fingerprint density at radius 2 is 1.96 bits per heavy atom. The molecule has 0 spiro atoms. The number of aliphatic imine (C=N–C) groups is 1. The van der Waals surface area contributed by atoms with E-state index in [9.17, 15) is 0 Å². The van der Waals surface area contributed by atoms with E-state index in [0.29, 0.717) is 6.54 Å². The number of benzene rings is 1. The Hall–Kier alpha value is -1.28. The summed E-state index contributed by atoms with van der Waals surface area (Å²) < 4.78 is 5.95. The van der Waals surface area contributed by atoms with E-state index in [1.54, 1.807) is 18.4 Å². The van der Waals surface area contributed by atoms with E-state index < -0.39 is 0 Å². The van der Waals surface area contributed by atoms with E-state index in [-0.39, 0.29) is 24.0 Å². The Labute approximate surface area is 164 Å². The van der Waals surface area contributed by atoms with Crippen molar-refractivity contribution in [2.75, 3.05) is 13.7 Å². The first-order chi connectivity index (χ1) is 11.3. The van der Waals surface area contributed by atoms with E-state index in [1.165, 1.54) is 17.7 Å². The summed E-state index contributed by atoms with van der Waals surface area (Å²) in [5.41, 5.74) is 1.16. The third kappa shape index (κ3) is 5.98. The van der Waals surface area contributed by atoms with Crippen LogP contribution in [0, 0.1) is 5.92 Å². The minimum Gasteiger partial charge on any atom is -0.493 e. The van der Waals surface area contributed by atoms with Gasteiger partial charge >= 0.3 is 0 Å². The predicted molar refractivity (Wildman–Crippen MR) is 111 cm³/mol. The van der Waals surface area contributed by atoms with Crippen LogP contribution in [0.2, 0.25) is 0 Å². The molecule has 0 aliphatic heterocycles. The molecule has 2 N–H and O–H groups in total. The van der Waals surface area contributed by atoms with Gasteiger partial charge in [-0.3, -0.25) is 4.99 Å². The lowest BCUT2D eigenvalue weighted by atomic mass is 10.2. The molecule has 1 aliphatic rings. The third-order valence-electron chi connectivity index (χ3n) is 3.82. The minimum absolute atomic E-state index is 0. The highest BCUT2D eigenvalue weighted by atomic mass is 127. The Bertz CT molecular complexity index is 641. The number of para-hydroxylation sites is 1. The zero-order valence-corrected chi connectivity index (χ0v) is 17.0. The molecule has 1 aromatic carbocycles. The fourth-order valence-electron chi connectivity index (χ4n) is 2.27. The number of nitrogens with one attached hydrogen (secondary N) is 2. The van der Waals surface area contributed by atoms with Crippen molar-refractivity contribution in [3.63, 3.8) is 0 Å². The van der Waals surface area contributed by atoms with Crippen LogP contribution in [0.4, 0.5) is 0 Å². The van der Waals surface area contributed by atoms with Crippen LogP contribution in [0.25, 0.3) is 0 Å². The monoisotopic (exact) mass is 457 g/mol. The molecule has 1 aromatic heterocycles. The van der Waals surface area contributed by atoms with Gasteiger partial charge in [-0.1, -0.05) is 24.3 Å². The predicted octanol–water partition coefficient (Wildman–Crippen LogP) is 4.02. The zero-order chi connectivity index (χ0) is 15.9. The minimum atomic E-state index is 0. The van der Waals surface area contributed by atoms with Gasteiger partial charge in [0.2, 0.25) is 0 Å². The average molecular weight is 457 g/mol. The van der Waals surface area contributed by atoms with Gasteiger partial charge in [-0.15, -0.1) is 35.3 Å². The van der Waals surface area contributed by atoms with Gasteiger partial charge in [-0.05, 0) is 36.3 Å². The van der Waals surface area contributed by atoms with Crippen LogP contribution >= 0.6 is 35.3 Å². The van der Waals surface area contributed by atoms with Gasteiger partial charge in [-0.2, -0.15) is 0 Å². The Kier molecular flexibility index (Phi) is 7.84. The lowest BCUT2D eigenvalue weighted by Gasteiger charge is -2.14. The molecule has 6 heteroatoms. The maximum atomic E-state index is 5.95. The number of guanidine groups is 1. The number of halogens is 1. The summed E-state index contributed by atoms with van der Waals surface area (Å²) in [4.78, 5) is 5.57. The fraction of sp³-hybridized carbons (Fsp3) is 0.389. The smallest absolute Gasteiger partial charge is 0.191 e. The molecule has 2 aromatic rings. The molecular weight excluding hydrogens is 433 g/mol. The van der Waals surface area contributed by atoms with Crippen LogP contribution in [-0.4, -0.2) is 19.6 Å². The molecule has 1 saturated carbocycles. The molecule has 3 rings (SSSR count). The summed E-state index contributed by atoms with van der Waals surface area (Å²) in [5, 5.41) is 8.77. The molecule has 4 nitrogen and oxygen atoms in total. The van der Waals surface area contributed by atoms with Crippen molar-refractivity contribution in [2.24, 2.45) is 10.9 Å². The van der Waals surface area contributed by atoms with Crippen LogP contribution in [0.15, 0.2) is 46.8 Å². The lowest BCUT2D eigenvalue weighted by Crippen LogP contribution is -2.36. The van der Waals surface area contributed by atoms with Gasteiger partial charge in [-0.25, -0.2) is 0 Å². The van der Waals surface area contributed by atoms with Crippen molar-refractivity contribution in [3.8, 4) is 5.75 Å². The molecule has 1 heterocycles. The van der Waals surface area contributed by atoms with Crippen LogP contribution in [0.5, 0.6) is 5.75 Å². The standard InChI is InChI=1S/C18H23N3OS.HI/c1-19-18(21-12-16-6-4-10-23-16)20-11-15-5-2-3-7-17(15)22-13-14-8-9-14;/h2-7,10,14H,8-9,11-13H2,1H3,(H2,19,20,21);1H. The summed E-state index contributed by atoms with van der Waals surface area (Å²) in [7, 11) is 1.79. The van der Waals surface area contributed by atoms with E-state index in [4.69, 9.17) is 4.74 Å². The molecule has 0 radical (unpaired) electrons. The molecule has 0 amide bonds. The second-order valence-corrected chi connectivity index (χ2v) is 6.75. The van der Waals surface area contributed by atoms with Gasteiger partial charge in [0.25, 0.3) is 0 Å². The Morgan fingerprint density at radius 3 is 2.67 bits per heavy atom. The molecule has 0 bridgehead atoms. The Morgan fingerprint density at radius 1 is 1.17 bits per heavy atom. The van der Waals surface area contributed by atoms with Crippen molar-refractivity contribution in [3.05, 3.63) is 52.2 Å². The SMILES string of the molecule is CN=C(NCc1cccs1)NCc1ccccc1OCC1CC1.I. The fourth-order valence-corrected chi connectivity index (χ4v) is 2.91. The molecular formula is C18H24IN3OS. The van der Waals surface area contributed by atoms with Crippen LogP contribution in [0.3, 0.4) is 0 Å². The summed E-state index contributed by atoms with van der Waals surface area (Å²) in [5.74, 6) is 2.53. The first kappa shape index (κ1) is 19.1. The van der Waals surface area contributed by atoms with Crippen molar-refractivity contribution >= 4 is 41.3 Å². The number of hydrogen-bond donors (Lipinski definition) is 2. The average Bonchev–Trinajstić information content (AvgIpc) is 3.27. The zero-order valence-electron chi connectivity index (χ0n) is 13.8. The second kappa shape index (κ2) is 9.88. The maximum absolute atomic E-state index is 5.95. The lowest BCUT2D eigenvalue weighted by molar-refractivity contribution is 0.296. The van der Waals surface area contributed by atoms with Crippen molar-refractivity contribution in [1.82, 2.24) is 10.6 Å². The number of rotatable bonds is 7. The summed E-state index contributed by atoms with van der Waals surface area (Å²) in [6, 6.07) is 12.4. The summed E-state index contributed by atoms with van der Waals surface area (Å²) in [6.07, 6.45) is 2.61. The van der Waals surface area contributed by atoms with Crippen molar-refractivity contribution in [2.45, 2.75) is 25.9 Å². The van der Waals surface area contributed by atoms with E-state index in [2.05, 4.69) is 39.2 Å². The summed E-state index contributed by atoms with van der Waals surface area (Å²) >= 11 is 1.74. The number of thiophene rings is 1. The molecule has 24 heavy (non-hydrogen) atoms. The van der Waals surface area contributed by atoms with E-state index in [0.717, 1.165) is 36.3 Å². The maximum Gasteiger partial charge on any atom is 0.191 e. The van der Waals surface area contributed by atoms with Crippen LogP contribution in [0.1, 0.15) is 23.3 Å². The number of hydrogen-bond acceptors (Lipinski definition) is 3. The van der Waals surface area contributed by atoms with Gasteiger partial charge in [0.1, 0.15) is 5.75 Å². The van der Waals surface area contributed by atoms with E-state index in [1.807, 2.05) is 18.2 Å². The highest BCUT2D eigenvalue weighted by molar-refractivity contribution is 14.0. The number of ether oxygens (including phenoxy) is 1. The third-order valence-corrected chi connectivity index (χ3v) is 4.70. The van der Waals surface area contributed by atoms with Gasteiger partial charge in [0.15, 0.2) is 5.96 Å². The van der Waals surface area contributed by atoms with E-state index >= 15 is 0 Å². The second-order valence-electron chi connectivity index (χ2n) is 5.72. The molecule has 130 valence electrons. The van der Waals surface area contributed by atoms with Gasteiger partial charge < -0.3 is 15.4 Å². The largest absolute Gasteiger partial charge is 0.493 e. The van der Waals surface area contributed by atoms with Gasteiger partial charge in [0.05, 0.1) is 13.2 Å². The van der Waals surface area contributed by atoms with Crippen LogP contribution < -0.4 is 15.4 Å². The van der Waals surface area contributed by atoms with Crippen LogP contribution in [-0.2, 0) is 13.1 Å². The highest BCUT2D eigenvalue weighted by Gasteiger charge is 2.22. The molecule has 0 atom stereocenters. The summed E-state index contributed by atoms with van der Waals surface area (Å²) in [6.45, 7) is 2.32. The van der Waals surface area contributed by atoms with Crippen molar-refractivity contribution < 1.29 is 4.74 Å². The molecule has 0 unspecified atom stereocenters. The quantitative estimate of drug-likeness (QED) is 0.375. The first-order valence-electron chi connectivity index (χ1n) is 8.03. The Balaban J connectivity index is 0.00000208. The highest BCUT2D eigenvalue weighted by Crippen LogP contribution is 2.30. The topological polar surface area (TPSA) is 45.7 Å². The molecule has 1 fully saturated rings. The van der Waals surface area contributed by atoms with Crippen molar-refractivity contribution in [1.29, 1.82) is 0 Å². The van der Waals surface area contributed by atoms with Gasteiger partial charge in [0, 0.05) is 24.0 Å². The number of nitrogens with zero attached hydrogens (tertiary/aromatic N) is 1. The molecule has 1 aliphatic carbocycles. The first-order valence-corrected chi connectivity index (χ1v) is 8.90.